The summed E-state index contributed by atoms with van der Waals surface area (Å²) in [5.41, 5.74) is 5.54. The molecule has 41 heavy (non-hydrogen) atoms. The average Bonchev–Trinajstić information content (AvgIpc) is 3.58. The van der Waals surface area contributed by atoms with Gasteiger partial charge in [-0.15, -0.1) is 0 Å². The number of aliphatic carboxylic acids is 1. The second-order valence-electron chi connectivity index (χ2n) is 10.6. The number of nitrogens with one attached hydrogen (secondary N) is 2. The molecule has 214 valence electrons. The Morgan fingerprint density at radius 3 is 2.27 bits per heavy atom. The zero-order valence-corrected chi connectivity index (χ0v) is 23.0. The van der Waals surface area contributed by atoms with Crippen LogP contribution in [-0.4, -0.2) is 73.5 Å². The first-order valence-electron chi connectivity index (χ1n) is 13.9. The van der Waals surface area contributed by atoms with Gasteiger partial charge in [0.1, 0.15) is 12.6 Å². The molecule has 0 spiro atoms. The smallest absolute Gasteiger partial charge is 0.407 e. The van der Waals surface area contributed by atoms with E-state index in [1.807, 2.05) is 78.7 Å². The molecule has 3 aromatic rings. The van der Waals surface area contributed by atoms with E-state index < -0.39 is 30.1 Å². The summed E-state index contributed by atoms with van der Waals surface area (Å²) in [5.74, 6) is -1.89. The fourth-order valence-corrected chi connectivity index (χ4v) is 5.72. The molecule has 1 aliphatic heterocycles. The number of benzene rings is 3. The topological polar surface area (TPSA) is 117 Å². The van der Waals surface area contributed by atoms with Crippen molar-refractivity contribution in [2.45, 2.75) is 31.0 Å². The van der Waals surface area contributed by atoms with E-state index >= 15 is 0 Å². The zero-order chi connectivity index (χ0) is 28.8. The van der Waals surface area contributed by atoms with E-state index in [0.29, 0.717) is 19.6 Å². The number of hydrogen-bond donors (Lipinski definition) is 3. The fraction of sp³-hybridized carbons (Fsp3) is 0.344. The lowest BCUT2D eigenvalue weighted by atomic mass is 9.98. The summed E-state index contributed by atoms with van der Waals surface area (Å²) in [6.07, 6.45) is -1.10. The number of likely N-dealkylation sites (N-methyl/N-ethyl adjacent to an activating group) is 1. The molecule has 1 heterocycles. The molecule has 3 N–H and O–H groups in total. The van der Waals surface area contributed by atoms with Crippen LogP contribution >= 0.6 is 0 Å². The van der Waals surface area contributed by atoms with Crippen molar-refractivity contribution in [2.24, 2.45) is 5.92 Å². The molecule has 9 nitrogen and oxygen atoms in total. The second-order valence-corrected chi connectivity index (χ2v) is 10.6. The first kappa shape index (κ1) is 28.3. The third-order valence-electron chi connectivity index (χ3n) is 7.74. The minimum atomic E-state index is -1.04. The van der Waals surface area contributed by atoms with Crippen molar-refractivity contribution in [3.05, 3.63) is 95.6 Å². The monoisotopic (exact) mass is 557 g/mol. The highest BCUT2D eigenvalue weighted by Gasteiger charge is 2.35. The molecule has 5 rings (SSSR count). The van der Waals surface area contributed by atoms with Crippen molar-refractivity contribution < 1.29 is 29.0 Å². The average molecular weight is 558 g/mol. The van der Waals surface area contributed by atoms with Crippen LogP contribution in [0, 0.1) is 5.92 Å². The number of carboxylic acids is 1. The molecule has 3 atom stereocenters. The Labute approximate surface area is 239 Å². The predicted octanol–water partition coefficient (Wildman–Crippen LogP) is 3.63. The molecule has 9 heteroatoms. The van der Waals surface area contributed by atoms with Crippen LogP contribution in [-0.2, 0) is 25.6 Å². The van der Waals surface area contributed by atoms with Crippen LogP contribution in [0.25, 0.3) is 11.1 Å². The maximum atomic E-state index is 13.3. The lowest BCUT2D eigenvalue weighted by Gasteiger charge is -2.25. The first-order chi connectivity index (χ1) is 19.9. The Hall–Kier alpha value is -4.21. The van der Waals surface area contributed by atoms with Gasteiger partial charge >= 0.3 is 12.1 Å². The van der Waals surface area contributed by atoms with Gasteiger partial charge in [0.25, 0.3) is 0 Å². The molecular weight excluding hydrogens is 522 g/mol. The van der Waals surface area contributed by atoms with Gasteiger partial charge in [-0.3, -0.25) is 9.69 Å². The Balaban J connectivity index is 1.24. The molecule has 1 fully saturated rings. The predicted molar refractivity (Wildman–Crippen MR) is 153 cm³/mol. The number of fused-ring (bicyclic) bond motifs is 3. The number of hydrogen-bond acceptors (Lipinski definition) is 6. The minimum Gasteiger partial charge on any atom is -0.479 e. The third-order valence-corrected chi connectivity index (χ3v) is 7.74. The Morgan fingerprint density at radius 1 is 0.976 bits per heavy atom. The van der Waals surface area contributed by atoms with E-state index in [4.69, 9.17) is 9.47 Å². The number of carbonyl (C=O) groups excluding carboxylic acids is 2. The van der Waals surface area contributed by atoms with E-state index in [2.05, 4.69) is 22.8 Å². The van der Waals surface area contributed by atoms with Crippen molar-refractivity contribution in [2.75, 3.05) is 33.4 Å². The standard InChI is InChI=1S/C32H35N3O6/c1-35(18-21-9-3-2-4-10-21)19-28(30(36)33-17-22-15-16-40-29(22)31(37)38)34-32(39)41-20-27-25-13-7-5-11-23(25)24-12-6-8-14-26(24)27/h2-14,22,27-29H,15-20H2,1H3,(H,33,36)(H,34,39)(H,37,38). The van der Waals surface area contributed by atoms with E-state index in [0.717, 1.165) is 27.8 Å². The number of rotatable bonds is 11. The highest BCUT2D eigenvalue weighted by Crippen LogP contribution is 2.44. The normalized spacial score (nSPS) is 18.4. The molecule has 2 aliphatic rings. The zero-order valence-electron chi connectivity index (χ0n) is 23.0. The van der Waals surface area contributed by atoms with Crippen LogP contribution < -0.4 is 10.6 Å². The van der Waals surface area contributed by atoms with E-state index in [9.17, 15) is 19.5 Å². The highest BCUT2D eigenvalue weighted by molar-refractivity contribution is 5.86. The van der Waals surface area contributed by atoms with Crippen LogP contribution in [0.4, 0.5) is 4.79 Å². The van der Waals surface area contributed by atoms with Gasteiger partial charge in [-0.1, -0.05) is 78.9 Å². The van der Waals surface area contributed by atoms with Gasteiger partial charge in [-0.25, -0.2) is 9.59 Å². The lowest BCUT2D eigenvalue weighted by Crippen LogP contribution is -2.53. The van der Waals surface area contributed by atoms with Crippen LogP contribution in [0.1, 0.15) is 29.0 Å². The Bertz CT molecular complexity index is 1340. The van der Waals surface area contributed by atoms with Crippen molar-refractivity contribution in [3.8, 4) is 11.1 Å². The first-order valence-corrected chi connectivity index (χ1v) is 13.9. The molecule has 0 bridgehead atoms. The number of nitrogens with zero attached hydrogens (tertiary/aromatic N) is 1. The maximum absolute atomic E-state index is 13.3. The van der Waals surface area contributed by atoms with Crippen LogP contribution in [0.5, 0.6) is 0 Å². The molecule has 1 saturated heterocycles. The molecule has 1 aliphatic carbocycles. The largest absolute Gasteiger partial charge is 0.479 e. The van der Waals surface area contributed by atoms with Crippen molar-refractivity contribution in [3.63, 3.8) is 0 Å². The number of ether oxygens (including phenoxy) is 2. The molecule has 0 aromatic heterocycles. The van der Waals surface area contributed by atoms with Crippen LogP contribution in [0.3, 0.4) is 0 Å². The Kier molecular flexibility index (Phi) is 8.96. The number of alkyl carbamates (subject to hydrolysis) is 1. The summed E-state index contributed by atoms with van der Waals surface area (Å²) in [4.78, 5) is 39.8. The van der Waals surface area contributed by atoms with Gasteiger partial charge in [-0.05, 0) is 41.3 Å². The second kappa shape index (κ2) is 13.0. The summed E-state index contributed by atoms with van der Waals surface area (Å²) >= 11 is 0. The SMILES string of the molecule is CN(Cc1ccccc1)CC(NC(=O)OCC1c2ccccc2-c2ccccc21)C(=O)NCC1CCOC1C(=O)O. The van der Waals surface area contributed by atoms with E-state index in [1.54, 1.807) is 0 Å². The van der Waals surface area contributed by atoms with Crippen molar-refractivity contribution in [1.82, 2.24) is 15.5 Å². The summed E-state index contributed by atoms with van der Waals surface area (Å²) < 4.78 is 11.0. The van der Waals surface area contributed by atoms with Gasteiger partial charge in [0.15, 0.2) is 6.10 Å². The molecular formula is C32H35N3O6. The van der Waals surface area contributed by atoms with Crippen LogP contribution in [0.15, 0.2) is 78.9 Å². The summed E-state index contributed by atoms with van der Waals surface area (Å²) in [7, 11) is 1.87. The maximum Gasteiger partial charge on any atom is 0.407 e. The molecule has 0 radical (unpaired) electrons. The number of carboxylic acid groups (broad SMARTS) is 1. The third kappa shape index (κ3) is 6.75. The summed E-state index contributed by atoms with van der Waals surface area (Å²) in [5, 5.41) is 15.0. The van der Waals surface area contributed by atoms with Gasteiger partial charge in [0, 0.05) is 38.1 Å². The molecule has 0 saturated carbocycles. The lowest BCUT2D eigenvalue weighted by molar-refractivity contribution is -0.149. The van der Waals surface area contributed by atoms with Gasteiger partial charge in [-0.2, -0.15) is 0 Å². The van der Waals surface area contributed by atoms with Crippen molar-refractivity contribution >= 4 is 18.0 Å². The summed E-state index contributed by atoms with van der Waals surface area (Å²) in [6.45, 7) is 1.41. The highest BCUT2D eigenvalue weighted by atomic mass is 16.5. The van der Waals surface area contributed by atoms with Crippen LogP contribution in [0.2, 0.25) is 0 Å². The number of carbonyl (C=O) groups is 3. The number of amides is 2. The fourth-order valence-electron chi connectivity index (χ4n) is 5.72. The minimum absolute atomic E-state index is 0.100. The van der Waals surface area contributed by atoms with E-state index in [-0.39, 0.29) is 31.5 Å². The summed E-state index contributed by atoms with van der Waals surface area (Å²) in [6, 6.07) is 25.1. The van der Waals surface area contributed by atoms with Crippen molar-refractivity contribution in [1.29, 1.82) is 0 Å². The quantitative estimate of drug-likeness (QED) is 0.330. The van der Waals surface area contributed by atoms with E-state index in [1.165, 1.54) is 0 Å². The molecule has 3 aromatic carbocycles. The Morgan fingerprint density at radius 2 is 1.61 bits per heavy atom. The van der Waals surface area contributed by atoms with Gasteiger partial charge < -0.3 is 25.2 Å². The molecule has 3 unspecified atom stereocenters. The van der Waals surface area contributed by atoms with Gasteiger partial charge in [0.2, 0.25) is 5.91 Å². The van der Waals surface area contributed by atoms with Gasteiger partial charge in [0.05, 0.1) is 0 Å². The molecule has 2 amide bonds.